The molecule has 1 heterocycles. The zero-order chi connectivity index (χ0) is 20.4. The van der Waals surface area contributed by atoms with E-state index in [9.17, 15) is 4.79 Å². The highest BCUT2D eigenvalue weighted by atomic mass is 79.9. The molecular weight excluding hydrogens is 428 g/mol. The van der Waals surface area contributed by atoms with Gasteiger partial charge in [-0.2, -0.15) is 0 Å². The van der Waals surface area contributed by atoms with Crippen LogP contribution in [-0.2, 0) is 4.79 Å². The molecule has 0 saturated carbocycles. The van der Waals surface area contributed by atoms with Crippen molar-refractivity contribution >= 4 is 39.4 Å². The highest BCUT2D eigenvalue weighted by molar-refractivity contribution is 9.10. The lowest BCUT2D eigenvalue weighted by molar-refractivity contribution is -0.113. The van der Waals surface area contributed by atoms with Gasteiger partial charge in [0, 0.05) is 10.0 Å². The van der Waals surface area contributed by atoms with Crippen LogP contribution in [0.15, 0.2) is 88.0 Å². The van der Waals surface area contributed by atoms with E-state index in [4.69, 9.17) is 9.73 Å². The van der Waals surface area contributed by atoms with E-state index in [2.05, 4.69) is 15.9 Å². The Morgan fingerprint density at radius 1 is 1.00 bits per heavy atom. The Morgan fingerprint density at radius 3 is 2.45 bits per heavy atom. The van der Waals surface area contributed by atoms with Crippen molar-refractivity contribution in [2.24, 2.45) is 4.99 Å². The first kappa shape index (κ1) is 19.2. The molecule has 4 rings (SSSR count). The molecule has 29 heavy (non-hydrogen) atoms. The smallest absolute Gasteiger partial charge is 0.282 e. The van der Waals surface area contributed by atoms with E-state index < -0.39 is 0 Å². The minimum absolute atomic E-state index is 0.157. The summed E-state index contributed by atoms with van der Waals surface area (Å²) in [6.45, 7) is 2.03. The molecule has 0 fully saturated rings. The number of hydrogen-bond donors (Lipinski definition) is 0. The number of ether oxygens (including phenoxy) is 1. The van der Waals surface area contributed by atoms with Gasteiger partial charge in [0.05, 0.1) is 12.8 Å². The highest BCUT2D eigenvalue weighted by Gasteiger charge is 2.32. The third-order valence-corrected chi connectivity index (χ3v) is 5.12. The van der Waals surface area contributed by atoms with Crippen LogP contribution in [0.4, 0.5) is 5.69 Å². The predicted molar refractivity (Wildman–Crippen MR) is 120 cm³/mol. The average Bonchev–Trinajstić information content (AvgIpc) is 3.05. The van der Waals surface area contributed by atoms with Gasteiger partial charge in [0.25, 0.3) is 5.91 Å². The van der Waals surface area contributed by atoms with E-state index in [0.29, 0.717) is 11.5 Å². The highest BCUT2D eigenvalue weighted by Crippen LogP contribution is 2.30. The summed E-state index contributed by atoms with van der Waals surface area (Å²) in [5.74, 6) is 1.23. The zero-order valence-electron chi connectivity index (χ0n) is 16.1. The van der Waals surface area contributed by atoms with Gasteiger partial charge in [-0.25, -0.2) is 4.99 Å². The third-order valence-electron chi connectivity index (χ3n) is 4.62. The molecule has 1 amide bonds. The maximum absolute atomic E-state index is 13.3. The fourth-order valence-corrected chi connectivity index (χ4v) is 3.59. The van der Waals surface area contributed by atoms with Crippen LogP contribution < -0.4 is 9.64 Å². The van der Waals surface area contributed by atoms with Crippen LogP contribution in [0.1, 0.15) is 16.7 Å². The van der Waals surface area contributed by atoms with E-state index >= 15 is 0 Å². The first-order chi connectivity index (χ1) is 14.0. The molecule has 3 aromatic rings. The van der Waals surface area contributed by atoms with Crippen molar-refractivity contribution < 1.29 is 9.53 Å². The molecule has 1 aliphatic rings. The van der Waals surface area contributed by atoms with Crippen molar-refractivity contribution in [1.82, 2.24) is 0 Å². The summed E-state index contributed by atoms with van der Waals surface area (Å²) < 4.78 is 6.11. The van der Waals surface area contributed by atoms with Crippen molar-refractivity contribution in [3.63, 3.8) is 0 Å². The van der Waals surface area contributed by atoms with Gasteiger partial charge >= 0.3 is 0 Å². The number of aliphatic imine (C=N–C) groups is 1. The first-order valence-electron chi connectivity index (χ1n) is 9.16. The lowest BCUT2D eigenvalue weighted by Gasteiger charge is -2.19. The molecule has 1 aliphatic heterocycles. The van der Waals surface area contributed by atoms with Crippen molar-refractivity contribution in [1.29, 1.82) is 0 Å². The van der Waals surface area contributed by atoms with Crippen LogP contribution in [0.25, 0.3) is 6.08 Å². The Hall–Kier alpha value is -3.18. The van der Waals surface area contributed by atoms with Crippen LogP contribution >= 0.6 is 15.9 Å². The molecule has 144 valence electrons. The minimum atomic E-state index is -0.157. The number of nitrogens with zero attached hydrogens (tertiary/aromatic N) is 2. The molecule has 0 radical (unpaired) electrons. The minimum Gasteiger partial charge on any atom is -0.497 e. The van der Waals surface area contributed by atoms with Gasteiger partial charge in [-0.3, -0.25) is 9.69 Å². The monoisotopic (exact) mass is 446 g/mol. The third kappa shape index (κ3) is 4.00. The number of benzene rings is 3. The number of rotatable bonds is 4. The second-order valence-electron chi connectivity index (χ2n) is 6.73. The zero-order valence-corrected chi connectivity index (χ0v) is 17.7. The summed E-state index contributed by atoms with van der Waals surface area (Å²) in [5, 5.41) is 0. The number of hydrogen-bond acceptors (Lipinski definition) is 3. The molecule has 0 atom stereocenters. The number of anilines is 1. The second kappa shape index (κ2) is 8.05. The number of carbonyl (C=O) groups is 1. The molecule has 0 N–H and O–H groups in total. The fraction of sp³-hybridized carbons (Fsp3) is 0.0833. The topological polar surface area (TPSA) is 41.9 Å². The number of amidine groups is 1. The number of amides is 1. The Kier molecular flexibility index (Phi) is 5.32. The number of carbonyl (C=O) groups excluding carboxylic acids is 1. The van der Waals surface area contributed by atoms with Crippen LogP contribution in [0, 0.1) is 6.92 Å². The van der Waals surface area contributed by atoms with Gasteiger partial charge < -0.3 is 4.74 Å². The van der Waals surface area contributed by atoms with Gasteiger partial charge in [0.15, 0.2) is 0 Å². The van der Waals surface area contributed by atoms with E-state index in [1.54, 1.807) is 18.1 Å². The molecular formula is C24H19BrN2O2. The predicted octanol–water partition coefficient (Wildman–Crippen LogP) is 5.60. The summed E-state index contributed by atoms with van der Waals surface area (Å²) >= 11 is 3.50. The molecule has 0 saturated heterocycles. The lowest BCUT2D eigenvalue weighted by Crippen LogP contribution is -2.32. The number of aryl methyl sites for hydroxylation is 1. The van der Waals surface area contributed by atoms with Gasteiger partial charge in [-0.15, -0.1) is 0 Å². The van der Waals surface area contributed by atoms with Crippen molar-refractivity contribution in [3.8, 4) is 5.75 Å². The quantitative estimate of drug-likeness (QED) is 0.489. The van der Waals surface area contributed by atoms with Crippen LogP contribution in [0.5, 0.6) is 5.75 Å². The molecule has 0 aromatic heterocycles. The standard InChI is InChI=1S/C24H19BrN2O2/c1-16-5-3-6-18(13-16)23-26-22(14-17-9-11-21(29-2)12-10-17)24(28)27(23)20-8-4-7-19(25)15-20/h3-15H,1-2H3/b22-14+. The van der Waals surface area contributed by atoms with Gasteiger partial charge in [0.2, 0.25) is 0 Å². The Morgan fingerprint density at radius 2 is 1.76 bits per heavy atom. The molecule has 5 heteroatoms. The Balaban J connectivity index is 1.81. The molecule has 0 spiro atoms. The van der Waals surface area contributed by atoms with E-state index in [1.807, 2.05) is 79.7 Å². The largest absolute Gasteiger partial charge is 0.497 e. The van der Waals surface area contributed by atoms with Gasteiger partial charge in [-0.1, -0.05) is 57.9 Å². The summed E-state index contributed by atoms with van der Waals surface area (Å²) in [6.07, 6.45) is 1.80. The van der Waals surface area contributed by atoms with E-state index in [-0.39, 0.29) is 5.91 Å². The van der Waals surface area contributed by atoms with Crippen molar-refractivity contribution in [2.45, 2.75) is 6.92 Å². The second-order valence-corrected chi connectivity index (χ2v) is 7.64. The molecule has 0 unspecified atom stereocenters. The summed E-state index contributed by atoms with van der Waals surface area (Å²) in [5.41, 5.74) is 4.06. The summed E-state index contributed by atoms with van der Waals surface area (Å²) in [4.78, 5) is 19.7. The number of methoxy groups -OCH3 is 1. The van der Waals surface area contributed by atoms with E-state index in [0.717, 1.165) is 32.6 Å². The maximum Gasteiger partial charge on any atom is 0.282 e. The average molecular weight is 447 g/mol. The fourth-order valence-electron chi connectivity index (χ4n) is 3.21. The molecule has 0 bridgehead atoms. The summed E-state index contributed by atoms with van der Waals surface area (Å²) in [6, 6.07) is 23.2. The van der Waals surface area contributed by atoms with Crippen LogP contribution in [-0.4, -0.2) is 18.9 Å². The van der Waals surface area contributed by atoms with Gasteiger partial charge in [0.1, 0.15) is 17.3 Å². The van der Waals surface area contributed by atoms with Crippen LogP contribution in [0.3, 0.4) is 0 Å². The Bertz CT molecular complexity index is 1130. The SMILES string of the molecule is COc1ccc(/C=C2/N=C(c3cccc(C)c3)N(c3cccc(Br)c3)C2=O)cc1. The summed E-state index contributed by atoms with van der Waals surface area (Å²) in [7, 11) is 1.63. The molecule has 4 nitrogen and oxygen atoms in total. The normalized spacial score (nSPS) is 15.0. The Labute approximate surface area is 178 Å². The van der Waals surface area contributed by atoms with Crippen LogP contribution in [0.2, 0.25) is 0 Å². The van der Waals surface area contributed by atoms with E-state index in [1.165, 1.54) is 0 Å². The van der Waals surface area contributed by atoms with Crippen molar-refractivity contribution in [2.75, 3.05) is 12.0 Å². The lowest BCUT2D eigenvalue weighted by atomic mass is 10.1. The molecule has 0 aliphatic carbocycles. The molecule has 3 aromatic carbocycles. The first-order valence-corrected chi connectivity index (χ1v) is 9.96. The number of halogens is 1. The van der Waals surface area contributed by atoms with Crippen molar-refractivity contribution in [3.05, 3.63) is 99.7 Å². The van der Waals surface area contributed by atoms with Gasteiger partial charge in [-0.05, 0) is 55.0 Å². The maximum atomic E-state index is 13.3.